The Labute approximate surface area is 109 Å². The molecule has 1 aliphatic heterocycles. The molecule has 0 atom stereocenters. The van der Waals surface area contributed by atoms with Crippen LogP contribution in [0, 0.1) is 0 Å². The number of methoxy groups -OCH3 is 1. The lowest BCUT2D eigenvalue weighted by Gasteiger charge is -2.31. The Hall–Kier alpha value is -1.07. The van der Waals surface area contributed by atoms with Crippen molar-refractivity contribution in [2.24, 2.45) is 0 Å². The minimum atomic E-state index is 0.0352. The van der Waals surface area contributed by atoms with Crippen LogP contribution in [0.5, 0.6) is 0 Å². The predicted octanol–water partition coefficient (Wildman–Crippen LogP) is 2.24. The van der Waals surface area contributed by atoms with Crippen molar-refractivity contribution in [3.05, 3.63) is 22.7 Å². The van der Waals surface area contributed by atoms with E-state index in [-0.39, 0.29) is 5.91 Å². The number of nitrogens with zero attached hydrogens (tertiary/aromatic N) is 1. The number of carbonyl (C=O) groups is 1. The lowest BCUT2D eigenvalue weighted by molar-refractivity contribution is -0.115. The molecule has 0 bridgehead atoms. The summed E-state index contributed by atoms with van der Waals surface area (Å²) in [4.78, 5) is 13.7. The fraction of sp³-hybridized carbons (Fsp3) is 0.417. The summed E-state index contributed by atoms with van der Waals surface area (Å²) in [6, 6.07) is 5.93. The van der Waals surface area contributed by atoms with Crippen molar-refractivity contribution < 1.29 is 9.53 Å². The third kappa shape index (κ3) is 2.98. The molecule has 1 aromatic carbocycles. The van der Waals surface area contributed by atoms with Gasteiger partial charge in [0.2, 0.25) is 5.91 Å². The van der Waals surface area contributed by atoms with E-state index in [1.165, 1.54) is 0 Å². The zero-order valence-electron chi connectivity index (χ0n) is 9.70. The van der Waals surface area contributed by atoms with Gasteiger partial charge in [-0.3, -0.25) is 4.79 Å². The Morgan fingerprint density at radius 3 is 3.12 bits per heavy atom. The average molecular weight is 299 g/mol. The molecular weight excluding hydrogens is 284 g/mol. The van der Waals surface area contributed by atoms with Crippen molar-refractivity contribution in [2.45, 2.75) is 6.42 Å². The number of hydrogen-bond acceptors (Lipinski definition) is 3. The third-order valence-electron chi connectivity index (χ3n) is 2.68. The number of amides is 1. The van der Waals surface area contributed by atoms with E-state index in [0.29, 0.717) is 13.2 Å². The lowest BCUT2D eigenvalue weighted by atomic mass is 10.2. The topological polar surface area (TPSA) is 41.6 Å². The summed E-state index contributed by atoms with van der Waals surface area (Å²) in [6.07, 6.45) is 0.916. The highest BCUT2D eigenvalue weighted by molar-refractivity contribution is 9.10. The van der Waals surface area contributed by atoms with Crippen LogP contribution >= 0.6 is 15.9 Å². The number of carbonyl (C=O) groups excluding carboxylic acids is 1. The van der Waals surface area contributed by atoms with Gasteiger partial charge in [0.05, 0.1) is 17.9 Å². The number of rotatable bonds is 4. The Morgan fingerprint density at radius 2 is 2.35 bits per heavy atom. The molecule has 0 spiro atoms. The van der Waals surface area contributed by atoms with Crippen molar-refractivity contribution >= 4 is 33.2 Å². The highest BCUT2D eigenvalue weighted by Crippen LogP contribution is 2.31. The summed E-state index contributed by atoms with van der Waals surface area (Å²) in [5, 5.41) is 2.88. The van der Waals surface area contributed by atoms with Crippen LogP contribution in [0.25, 0.3) is 0 Å². The molecule has 5 heteroatoms. The van der Waals surface area contributed by atoms with Gasteiger partial charge in [-0.15, -0.1) is 0 Å². The van der Waals surface area contributed by atoms with E-state index in [0.717, 1.165) is 28.8 Å². The Bertz CT molecular complexity index is 423. The van der Waals surface area contributed by atoms with Crippen molar-refractivity contribution in [1.29, 1.82) is 0 Å². The van der Waals surface area contributed by atoms with Gasteiger partial charge in [-0.05, 0) is 24.6 Å². The molecule has 0 aliphatic carbocycles. The van der Waals surface area contributed by atoms with Gasteiger partial charge in [-0.1, -0.05) is 15.9 Å². The minimum absolute atomic E-state index is 0.0352. The zero-order valence-corrected chi connectivity index (χ0v) is 11.3. The molecule has 1 aliphatic rings. The van der Waals surface area contributed by atoms with Crippen molar-refractivity contribution in [2.75, 3.05) is 37.0 Å². The summed E-state index contributed by atoms with van der Waals surface area (Å²) < 4.78 is 6.00. The van der Waals surface area contributed by atoms with Crippen molar-refractivity contribution in [3.8, 4) is 0 Å². The van der Waals surface area contributed by atoms with Gasteiger partial charge in [0, 0.05) is 24.7 Å². The standard InChI is InChI=1S/C12H15BrN2O2/c1-17-6-2-5-15-8-12(16)14-10-7-9(13)3-4-11(10)15/h3-4,7H,2,5-6,8H2,1H3,(H,14,16). The van der Waals surface area contributed by atoms with Gasteiger partial charge in [0.25, 0.3) is 0 Å². The van der Waals surface area contributed by atoms with Crippen molar-refractivity contribution in [3.63, 3.8) is 0 Å². The maximum Gasteiger partial charge on any atom is 0.243 e. The van der Waals surface area contributed by atoms with Crippen LogP contribution in [0.15, 0.2) is 22.7 Å². The average Bonchev–Trinajstić information content (AvgIpc) is 2.28. The zero-order chi connectivity index (χ0) is 12.3. The molecule has 0 fully saturated rings. The van der Waals surface area contributed by atoms with Crippen LogP contribution in [0.1, 0.15) is 6.42 Å². The molecule has 0 saturated heterocycles. The lowest BCUT2D eigenvalue weighted by Crippen LogP contribution is -2.39. The van der Waals surface area contributed by atoms with Crippen molar-refractivity contribution in [1.82, 2.24) is 0 Å². The van der Waals surface area contributed by atoms with Crippen LogP contribution in [-0.4, -0.2) is 32.7 Å². The predicted molar refractivity (Wildman–Crippen MR) is 71.5 cm³/mol. The highest BCUT2D eigenvalue weighted by Gasteiger charge is 2.21. The molecule has 1 aromatic rings. The first-order valence-corrected chi connectivity index (χ1v) is 6.33. The normalized spacial score (nSPS) is 14.5. The maximum absolute atomic E-state index is 11.6. The summed E-state index contributed by atoms with van der Waals surface area (Å²) >= 11 is 3.40. The van der Waals surface area contributed by atoms with Crippen LogP contribution in [0.4, 0.5) is 11.4 Å². The van der Waals surface area contributed by atoms with Crippen LogP contribution in [0.3, 0.4) is 0 Å². The number of fused-ring (bicyclic) bond motifs is 1. The summed E-state index contributed by atoms with van der Waals surface area (Å²) in [6.45, 7) is 1.96. The van der Waals surface area contributed by atoms with E-state index < -0.39 is 0 Å². The fourth-order valence-electron chi connectivity index (χ4n) is 1.93. The van der Waals surface area contributed by atoms with E-state index in [1.807, 2.05) is 18.2 Å². The smallest absolute Gasteiger partial charge is 0.243 e. The number of halogens is 1. The van der Waals surface area contributed by atoms with Crippen LogP contribution < -0.4 is 10.2 Å². The van der Waals surface area contributed by atoms with E-state index in [2.05, 4.69) is 26.1 Å². The number of benzene rings is 1. The second kappa shape index (κ2) is 5.51. The number of nitrogens with one attached hydrogen (secondary N) is 1. The van der Waals surface area contributed by atoms with Crippen LogP contribution in [0.2, 0.25) is 0 Å². The maximum atomic E-state index is 11.6. The quantitative estimate of drug-likeness (QED) is 0.867. The third-order valence-corrected chi connectivity index (χ3v) is 3.18. The molecular formula is C12H15BrN2O2. The molecule has 4 nitrogen and oxygen atoms in total. The minimum Gasteiger partial charge on any atom is -0.385 e. The Balaban J connectivity index is 2.16. The molecule has 1 N–H and O–H groups in total. The number of hydrogen-bond donors (Lipinski definition) is 1. The monoisotopic (exact) mass is 298 g/mol. The largest absolute Gasteiger partial charge is 0.385 e. The van der Waals surface area contributed by atoms with E-state index >= 15 is 0 Å². The second-order valence-electron chi connectivity index (χ2n) is 3.98. The van der Waals surface area contributed by atoms with Gasteiger partial charge in [-0.2, -0.15) is 0 Å². The molecule has 0 aromatic heterocycles. The van der Waals surface area contributed by atoms with Gasteiger partial charge in [-0.25, -0.2) is 0 Å². The van der Waals surface area contributed by atoms with Gasteiger partial charge in [0.15, 0.2) is 0 Å². The summed E-state index contributed by atoms with van der Waals surface area (Å²) in [7, 11) is 1.69. The first-order valence-electron chi connectivity index (χ1n) is 5.54. The number of anilines is 2. The molecule has 1 amide bonds. The first kappa shape index (κ1) is 12.4. The Morgan fingerprint density at radius 1 is 1.53 bits per heavy atom. The van der Waals surface area contributed by atoms with Crippen LogP contribution in [-0.2, 0) is 9.53 Å². The summed E-state index contributed by atoms with van der Waals surface area (Å²) in [5.41, 5.74) is 1.94. The van der Waals surface area contributed by atoms with Gasteiger partial charge < -0.3 is 15.0 Å². The summed E-state index contributed by atoms with van der Waals surface area (Å²) in [5.74, 6) is 0.0352. The highest BCUT2D eigenvalue weighted by atomic mass is 79.9. The molecule has 2 rings (SSSR count). The molecule has 0 radical (unpaired) electrons. The van der Waals surface area contributed by atoms with Gasteiger partial charge >= 0.3 is 0 Å². The molecule has 1 heterocycles. The molecule has 0 unspecified atom stereocenters. The SMILES string of the molecule is COCCCN1CC(=O)Nc2cc(Br)ccc21. The molecule has 92 valence electrons. The van der Waals surface area contributed by atoms with E-state index in [9.17, 15) is 4.79 Å². The van der Waals surface area contributed by atoms with E-state index in [1.54, 1.807) is 7.11 Å². The number of ether oxygens (including phenoxy) is 1. The fourth-order valence-corrected chi connectivity index (χ4v) is 2.29. The molecule has 0 saturated carbocycles. The molecule has 17 heavy (non-hydrogen) atoms. The second-order valence-corrected chi connectivity index (χ2v) is 4.89. The van der Waals surface area contributed by atoms with E-state index in [4.69, 9.17) is 4.74 Å². The van der Waals surface area contributed by atoms with Gasteiger partial charge in [0.1, 0.15) is 0 Å². The first-order chi connectivity index (χ1) is 8.20. The Kier molecular flexibility index (Phi) is 4.02.